The smallest absolute Gasteiger partial charge is 0.307 e. The summed E-state index contributed by atoms with van der Waals surface area (Å²) >= 11 is 0. The molecule has 0 radical (unpaired) electrons. The monoisotopic (exact) mass is 265 g/mol. The highest BCUT2D eigenvalue weighted by Crippen LogP contribution is 2.36. The summed E-state index contributed by atoms with van der Waals surface area (Å²) in [5.74, 6) is 0.178. The third-order valence-corrected chi connectivity index (χ3v) is 3.55. The molecule has 1 saturated carbocycles. The van der Waals surface area contributed by atoms with E-state index in [9.17, 15) is 9.18 Å². The Labute approximate surface area is 113 Å². The van der Waals surface area contributed by atoms with E-state index in [-0.39, 0.29) is 11.8 Å². The average molecular weight is 265 g/mol. The second-order valence-corrected chi connectivity index (χ2v) is 4.93. The van der Waals surface area contributed by atoms with E-state index in [1.165, 1.54) is 17.7 Å². The summed E-state index contributed by atoms with van der Waals surface area (Å²) in [6, 6.07) is 7.20. The van der Waals surface area contributed by atoms with Gasteiger partial charge >= 0.3 is 5.97 Å². The molecule has 0 atom stereocenters. The molecule has 1 aliphatic carbocycles. The Morgan fingerprint density at radius 2 is 2.05 bits per heavy atom. The topological polar surface area (TPSA) is 38.3 Å². The lowest BCUT2D eigenvalue weighted by molar-refractivity contribution is -0.143. The van der Waals surface area contributed by atoms with Gasteiger partial charge in [0.05, 0.1) is 13.0 Å². The number of hydrogen-bond donors (Lipinski definition) is 1. The van der Waals surface area contributed by atoms with Crippen LogP contribution in [-0.2, 0) is 9.53 Å². The van der Waals surface area contributed by atoms with Crippen LogP contribution in [0.1, 0.15) is 37.7 Å². The standard InChI is InChI=1S/C15H20FNO2/c1-2-19-15(18)7-8-17-14-9-12(10-14)11-3-5-13(16)6-4-11/h3-6,12,14,17H,2,7-10H2,1H3. The predicted molar refractivity (Wildman–Crippen MR) is 71.4 cm³/mol. The second kappa shape index (κ2) is 6.66. The highest BCUT2D eigenvalue weighted by atomic mass is 19.1. The van der Waals surface area contributed by atoms with Gasteiger partial charge in [-0.3, -0.25) is 4.79 Å². The number of benzene rings is 1. The zero-order chi connectivity index (χ0) is 13.7. The molecule has 1 aromatic rings. The molecule has 1 fully saturated rings. The van der Waals surface area contributed by atoms with Crippen molar-refractivity contribution in [1.82, 2.24) is 5.32 Å². The molecule has 0 aliphatic heterocycles. The largest absolute Gasteiger partial charge is 0.466 e. The van der Waals surface area contributed by atoms with Crippen molar-refractivity contribution in [3.63, 3.8) is 0 Å². The van der Waals surface area contributed by atoms with E-state index < -0.39 is 0 Å². The van der Waals surface area contributed by atoms with Crippen molar-refractivity contribution in [3.8, 4) is 0 Å². The third kappa shape index (κ3) is 4.03. The van der Waals surface area contributed by atoms with Gasteiger partial charge < -0.3 is 10.1 Å². The summed E-state index contributed by atoms with van der Waals surface area (Å²) in [7, 11) is 0. The van der Waals surface area contributed by atoms with Gasteiger partial charge in [0.25, 0.3) is 0 Å². The fourth-order valence-corrected chi connectivity index (χ4v) is 2.40. The zero-order valence-electron chi connectivity index (χ0n) is 11.2. The van der Waals surface area contributed by atoms with E-state index in [0.29, 0.717) is 31.5 Å². The number of hydrogen-bond acceptors (Lipinski definition) is 3. The molecule has 1 aromatic carbocycles. The first kappa shape index (κ1) is 14.0. The van der Waals surface area contributed by atoms with Crippen molar-refractivity contribution in [3.05, 3.63) is 35.6 Å². The Balaban J connectivity index is 1.64. The molecule has 0 spiro atoms. The predicted octanol–water partition coefficient (Wildman–Crippen LogP) is 2.61. The van der Waals surface area contributed by atoms with Crippen molar-refractivity contribution in [1.29, 1.82) is 0 Å². The van der Waals surface area contributed by atoms with Gasteiger partial charge in [-0.1, -0.05) is 12.1 Å². The molecule has 0 unspecified atom stereocenters. The van der Waals surface area contributed by atoms with E-state index in [1.54, 1.807) is 0 Å². The highest BCUT2D eigenvalue weighted by molar-refractivity contribution is 5.69. The van der Waals surface area contributed by atoms with Crippen molar-refractivity contribution in [2.45, 2.75) is 38.1 Å². The van der Waals surface area contributed by atoms with Crippen LogP contribution >= 0.6 is 0 Å². The maximum absolute atomic E-state index is 12.8. The van der Waals surface area contributed by atoms with Crippen LogP contribution in [0, 0.1) is 5.82 Å². The van der Waals surface area contributed by atoms with Crippen LogP contribution in [0.2, 0.25) is 0 Å². The SMILES string of the molecule is CCOC(=O)CCNC1CC(c2ccc(F)cc2)C1. The first-order valence-electron chi connectivity index (χ1n) is 6.83. The van der Waals surface area contributed by atoms with Crippen molar-refractivity contribution >= 4 is 5.97 Å². The van der Waals surface area contributed by atoms with Crippen molar-refractivity contribution < 1.29 is 13.9 Å². The van der Waals surface area contributed by atoms with Crippen molar-refractivity contribution in [2.75, 3.05) is 13.2 Å². The molecule has 3 nitrogen and oxygen atoms in total. The third-order valence-electron chi connectivity index (χ3n) is 3.55. The van der Waals surface area contributed by atoms with Crippen LogP contribution in [0.4, 0.5) is 4.39 Å². The van der Waals surface area contributed by atoms with Crippen LogP contribution in [0.5, 0.6) is 0 Å². The lowest BCUT2D eigenvalue weighted by Gasteiger charge is -2.36. The van der Waals surface area contributed by atoms with Crippen LogP contribution in [0.3, 0.4) is 0 Å². The van der Waals surface area contributed by atoms with Gasteiger partial charge in [-0.2, -0.15) is 0 Å². The molecule has 19 heavy (non-hydrogen) atoms. The molecule has 0 heterocycles. The molecule has 104 valence electrons. The number of nitrogens with one attached hydrogen (secondary N) is 1. The summed E-state index contributed by atoms with van der Waals surface area (Å²) in [6.07, 6.45) is 2.52. The summed E-state index contributed by atoms with van der Waals surface area (Å²) in [5.41, 5.74) is 1.20. The fraction of sp³-hybridized carbons (Fsp3) is 0.533. The second-order valence-electron chi connectivity index (χ2n) is 4.93. The zero-order valence-corrected chi connectivity index (χ0v) is 11.2. The average Bonchev–Trinajstić information content (AvgIpc) is 2.34. The van der Waals surface area contributed by atoms with E-state index >= 15 is 0 Å². The minimum absolute atomic E-state index is 0.149. The van der Waals surface area contributed by atoms with Crippen LogP contribution in [0.25, 0.3) is 0 Å². The maximum atomic E-state index is 12.8. The lowest BCUT2D eigenvalue weighted by atomic mass is 9.76. The van der Waals surface area contributed by atoms with Gasteiger partial charge in [0.2, 0.25) is 0 Å². The number of rotatable bonds is 6. The van der Waals surface area contributed by atoms with Gasteiger partial charge in [-0.25, -0.2) is 4.39 Å². The van der Waals surface area contributed by atoms with Crippen LogP contribution in [-0.4, -0.2) is 25.2 Å². The molecule has 4 heteroatoms. The first-order valence-corrected chi connectivity index (χ1v) is 6.83. The minimum atomic E-state index is -0.188. The van der Waals surface area contributed by atoms with Crippen molar-refractivity contribution in [2.24, 2.45) is 0 Å². The van der Waals surface area contributed by atoms with E-state index in [1.807, 2.05) is 19.1 Å². The molecule has 0 saturated heterocycles. The van der Waals surface area contributed by atoms with Gasteiger partial charge in [-0.05, 0) is 43.4 Å². The Kier molecular flexibility index (Phi) is 4.91. The fourth-order valence-electron chi connectivity index (χ4n) is 2.40. The highest BCUT2D eigenvalue weighted by Gasteiger charge is 2.29. The molecule has 0 amide bonds. The van der Waals surface area contributed by atoms with Gasteiger partial charge in [-0.15, -0.1) is 0 Å². The Morgan fingerprint density at radius 3 is 2.68 bits per heavy atom. The van der Waals surface area contributed by atoms with E-state index in [2.05, 4.69) is 5.32 Å². The first-order chi connectivity index (χ1) is 9.19. The Morgan fingerprint density at radius 1 is 1.37 bits per heavy atom. The normalized spacial score (nSPS) is 21.8. The van der Waals surface area contributed by atoms with Crippen LogP contribution < -0.4 is 5.32 Å². The Hall–Kier alpha value is -1.42. The van der Waals surface area contributed by atoms with Crippen LogP contribution in [0.15, 0.2) is 24.3 Å². The quantitative estimate of drug-likeness (QED) is 0.804. The molecule has 1 N–H and O–H groups in total. The molecule has 1 aliphatic rings. The summed E-state index contributed by atoms with van der Waals surface area (Å²) in [5, 5.41) is 3.34. The number of esters is 1. The molecular formula is C15H20FNO2. The number of carbonyl (C=O) groups excluding carboxylic acids is 1. The molecule has 2 rings (SSSR count). The van der Waals surface area contributed by atoms with E-state index in [0.717, 1.165) is 12.8 Å². The van der Waals surface area contributed by atoms with Gasteiger partial charge in [0, 0.05) is 12.6 Å². The molecule has 0 bridgehead atoms. The van der Waals surface area contributed by atoms with E-state index in [4.69, 9.17) is 4.74 Å². The number of ether oxygens (including phenoxy) is 1. The maximum Gasteiger partial charge on any atom is 0.307 e. The summed E-state index contributed by atoms with van der Waals surface area (Å²) in [6.45, 7) is 2.92. The van der Waals surface area contributed by atoms with Gasteiger partial charge in [0.15, 0.2) is 0 Å². The number of halogens is 1. The molecule has 0 aromatic heterocycles. The summed E-state index contributed by atoms with van der Waals surface area (Å²) in [4.78, 5) is 11.2. The lowest BCUT2D eigenvalue weighted by Crippen LogP contribution is -2.41. The number of carbonyl (C=O) groups is 1. The summed E-state index contributed by atoms with van der Waals surface area (Å²) < 4.78 is 17.7. The minimum Gasteiger partial charge on any atom is -0.466 e. The molecular weight excluding hydrogens is 245 g/mol. The van der Waals surface area contributed by atoms with Gasteiger partial charge in [0.1, 0.15) is 5.82 Å². The Bertz CT molecular complexity index is 413.